The van der Waals surface area contributed by atoms with E-state index in [1.165, 1.54) is 0 Å². The van der Waals surface area contributed by atoms with E-state index in [1.54, 1.807) is 31.4 Å². The fourth-order valence-electron chi connectivity index (χ4n) is 2.94. The smallest absolute Gasteiger partial charge is 0.322 e. The van der Waals surface area contributed by atoms with Crippen LogP contribution < -0.4 is 15.4 Å². The van der Waals surface area contributed by atoms with E-state index in [0.717, 1.165) is 23.3 Å². The SMILES string of the molecule is CCC(CC(=O)Nc1ccc(CC(=O)NCC(=O)O)cc1)c1ccc(OC)cc1. The molecule has 0 aliphatic carbocycles. The van der Waals surface area contributed by atoms with E-state index in [1.807, 2.05) is 31.2 Å². The number of benzene rings is 2. The first kappa shape index (κ1) is 21.9. The molecule has 0 radical (unpaired) electrons. The number of nitrogens with one attached hydrogen (secondary N) is 2. The van der Waals surface area contributed by atoms with Gasteiger partial charge in [-0.05, 0) is 47.7 Å². The van der Waals surface area contributed by atoms with Gasteiger partial charge in [0.2, 0.25) is 11.8 Å². The molecule has 0 heterocycles. The van der Waals surface area contributed by atoms with Crippen LogP contribution in [0.5, 0.6) is 5.75 Å². The van der Waals surface area contributed by atoms with Crippen molar-refractivity contribution in [3.05, 3.63) is 59.7 Å². The number of hydrogen-bond acceptors (Lipinski definition) is 4. The lowest BCUT2D eigenvalue weighted by atomic mass is 9.93. The summed E-state index contributed by atoms with van der Waals surface area (Å²) in [4.78, 5) is 34.6. The Morgan fingerprint density at radius 1 is 1.00 bits per heavy atom. The summed E-state index contributed by atoms with van der Waals surface area (Å²) in [6.07, 6.45) is 1.28. The number of hydrogen-bond donors (Lipinski definition) is 3. The normalized spacial score (nSPS) is 11.4. The Morgan fingerprint density at radius 3 is 2.21 bits per heavy atom. The third-order valence-corrected chi connectivity index (χ3v) is 4.55. The van der Waals surface area contributed by atoms with Crippen LogP contribution in [0, 0.1) is 0 Å². The molecule has 2 amide bonds. The van der Waals surface area contributed by atoms with Crippen molar-refractivity contribution in [1.82, 2.24) is 5.32 Å². The second kappa shape index (κ2) is 10.8. The zero-order chi connectivity index (χ0) is 21.2. The Balaban J connectivity index is 1.88. The van der Waals surface area contributed by atoms with Gasteiger partial charge in [-0.1, -0.05) is 31.2 Å². The predicted octanol–water partition coefficient (Wildman–Crippen LogP) is 2.96. The van der Waals surface area contributed by atoms with Crippen molar-refractivity contribution in [3.63, 3.8) is 0 Å². The highest BCUT2D eigenvalue weighted by Gasteiger charge is 2.15. The molecule has 2 aromatic carbocycles. The second-order valence-corrected chi connectivity index (χ2v) is 6.67. The van der Waals surface area contributed by atoms with Gasteiger partial charge < -0.3 is 20.5 Å². The molecular weight excluding hydrogens is 372 g/mol. The quantitative estimate of drug-likeness (QED) is 0.571. The number of carboxylic acid groups (broad SMARTS) is 1. The zero-order valence-electron chi connectivity index (χ0n) is 16.6. The Hall–Kier alpha value is -3.35. The number of carbonyl (C=O) groups excluding carboxylic acids is 2. The van der Waals surface area contributed by atoms with Crippen molar-refractivity contribution < 1.29 is 24.2 Å². The lowest BCUT2D eigenvalue weighted by Gasteiger charge is -2.16. The minimum absolute atomic E-state index is 0.0802. The maximum Gasteiger partial charge on any atom is 0.322 e. The van der Waals surface area contributed by atoms with Crippen LogP contribution in [0.15, 0.2) is 48.5 Å². The van der Waals surface area contributed by atoms with Crippen molar-refractivity contribution >= 4 is 23.5 Å². The van der Waals surface area contributed by atoms with Gasteiger partial charge in [-0.3, -0.25) is 14.4 Å². The molecule has 0 saturated carbocycles. The largest absolute Gasteiger partial charge is 0.497 e. The third-order valence-electron chi connectivity index (χ3n) is 4.55. The number of aliphatic carboxylic acids is 1. The minimum Gasteiger partial charge on any atom is -0.497 e. The molecule has 154 valence electrons. The van der Waals surface area contributed by atoms with Gasteiger partial charge in [-0.2, -0.15) is 0 Å². The fourth-order valence-corrected chi connectivity index (χ4v) is 2.94. The number of ether oxygens (including phenoxy) is 1. The molecule has 0 aliphatic rings. The highest BCUT2D eigenvalue weighted by molar-refractivity contribution is 5.91. The molecule has 0 bridgehead atoms. The van der Waals surface area contributed by atoms with Gasteiger partial charge in [0.1, 0.15) is 12.3 Å². The Kier molecular flexibility index (Phi) is 8.21. The maximum atomic E-state index is 12.4. The van der Waals surface area contributed by atoms with Gasteiger partial charge in [-0.15, -0.1) is 0 Å². The molecule has 0 spiro atoms. The summed E-state index contributed by atoms with van der Waals surface area (Å²) >= 11 is 0. The fraction of sp³-hybridized carbons (Fsp3) is 0.318. The van der Waals surface area contributed by atoms with E-state index in [0.29, 0.717) is 12.1 Å². The van der Waals surface area contributed by atoms with Gasteiger partial charge in [0.25, 0.3) is 0 Å². The van der Waals surface area contributed by atoms with E-state index >= 15 is 0 Å². The summed E-state index contributed by atoms with van der Waals surface area (Å²) in [6.45, 7) is 1.64. The lowest BCUT2D eigenvalue weighted by molar-refractivity contribution is -0.137. The molecule has 0 aromatic heterocycles. The number of methoxy groups -OCH3 is 1. The number of amides is 2. The molecule has 0 aliphatic heterocycles. The Labute approximate surface area is 170 Å². The first-order valence-electron chi connectivity index (χ1n) is 9.42. The summed E-state index contributed by atoms with van der Waals surface area (Å²) in [6, 6.07) is 14.7. The van der Waals surface area contributed by atoms with E-state index in [9.17, 15) is 14.4 Å². The molecule has 7 heteroatoms. The standard InChI is InChI=1S/C22H26N2O5/c1-3-16(17-6-10-19(29-2)11-7-17)13-21(26)24-18-8-4-15(5-9-18)12-20(25)23-14-22(27)28/h4-11,16H,3,12-14H2,1-2H3,(H,23,25)(H,24,26)(H,27,28). The third kappa shape index (κ3) is 7.29. The van der Waals surface area contributed by atoms with Gasteiger partial charge in [0, 0.05) is 12.1 Å². The summed E-state index contributed by atoms with van der Waals surface area (Å²) in [5.41, 5.74) is 2.47. The molecular formula is C22H26N2O5. The second-order valence-electron chi connectivity index (χ2n) is 6.67. The van der Waals surface area contributed by atoms with Crippen molar-refractivity contribution in [2.75, 3.05) is 19.0 Å². The molecule has 3 N–H and O–H groups in total. The summed E-state index contributed by atoms with van der Waals surface area (Å²) in [5, 5.41) is 13.8. The van der Waals surface area contributed by atoms with Gasteiger partial charge >= 0.3 is 5.97 Å². The molecule has 29 heavy (non-hydrogen) atoms. The molecule has 2 aromatic rings. The summed E-state index contributed by atoms with van der Waals surface area (Å²) in [7, 11) is 1.62. The number of rotatable bonds is 10. The molecule has 7 nitrogen and oxygen atoms in total. The number of anilines is 1. The lowest BCUT2D eigenvalue weighted by Crippen LogP contribution is -2.30. The van der Waals surface area contributed by atoms with Crippen LogP contribution in [0.4, 0.5) is 5.69 Å². The average molecular weight is 398 g/mol. The van der Waals surface area contributed by atoms with Crippen LogP contribution in [0.3, 0.4) is 0 Å². The summed E-state index contributed by atoms with van der Waals surface area (Å²) in [5.74, 6) is -0.645. The van der Waals surface area contributed by atoms with E-state index in [-0.39, 0.29) is 24.2 Å². The Morgan fingerprint density at radius 2 is 1.66 bits per heavy atom. The number of carboxylic acids is 1. The summed E-state index contributed by atoms with van der Waals surface area (Å²) < 4.78 is 5.17. The zero-order valence-corrected chi connectivity index (χ0v) is 16.6. The van der Waals surface area contributed by atoms with Crippen molar-refractivity contribution in [2.45, 2.75) is 32.1 Å². The van der Waals surface area contributed by atoms with E-state index in [4.69, 9.17) is 9.84 Å². The predicted molar refractivity (Wildman–Crippen MR) is 110 cm³/mol. The first-order valence-corrected chi connectivity index (χ1v) is 9.42. The highest BCUT2D eigenvalue weighted by Crippen LogP contribution is 2.26. The van der Waals surface area contributed by atoms with Crippen LogP contribution in [0.1, 0.15) is 36.8 Å². The molecule has 1 unspecified atom stereocenters. The van der Waals surface area contributed by atoms with Gasteiger partial charge in [-0.25, -0.2) is 0 Å². The van der Waals surface area contributed by atoms with E-state index < -0.39 is 12.5 Å². The molecule has 0 saturated heterocycles. The van der Waals surface area contributed by atoms with Crippen LogP contribution in [-0.4, -0.2) is 36.5 Å². The maximum absolute atomic E-state index is 12.4. The molecule has 0 fully saturated rings. The van der Waals surface area contributed by atoms with Crippen LogP contribution >= 0.6 is 0 Å². The minimum atomic E-state index is -1.09. The van der Waals surface area contributed by atoms with E-state index in [2.05, 4.69) is 10.6 Å². The van der Waals surface area contributed by atoms with Crippen molar-refractivity contribution in [1.29, 1.82) is 0 Å². The van der Waals surface area contributed by atoms with Crippen LogP contribution in [0.25, 0.3) is 0 Å². The topological polar surface area (TPSA) is 105 Å². The van der Waals surface area contributed by atoms with Gasteiger partial charge in [0.15, 0.2) is 0 Å². The average Bonchev–Trinajstić information content (AvgIpc) is 2.72. The van der Waals surface area contributed by atoms with Crippen molar-refractivity contribution in [2.24, 2.45) is 0 Å². The molecule has 1 atom stereocenters. The van der Waals surface area contributed by atoms with Crippen LogP contribution in [-0.2, 0) is 20.8 Å². The van der Waals surface area contributed by atoms with Gasteiger partial charge in [0.05, 0.1) is 13.5 Å². The monoisotopic (exact) mass is 398 g/mol. The first-order chi connectivity index (χ1) is 13.9. The Bertz CT molecular complexity index is 831. The number of carbonyl (C=O) groups is 3. The van der Waals surface area contributed by atoms with Crippen molar-refractivity contribution in [3.8, 4) is 5.75 Å². The van der Waals surface area contributed by atoms with Crippen LogP contribution in [0.2, 0.25) is 0 Å². The highest BCUT2D eigenvalue weighted by atomic mass is 16.5. The molecule has 2 rings (SSSR count).